The standard InChI is InChI=1S/C17H26N2O2/c1-2-17(10-6-11-18-17)16(20)19(14-7-3-4-8-14)13-15-9-5-12-21-15/h5,9,12,14,18H,2-4,6-8,10-11,13H2,1H3. The van der Waals surface area contributed by atoms with Crippen LogP contribution < -0.4 is 5.32 Å². The first kappa shape index (κ1) is 14.6. The predicted octanol–water partition coefficient (Wildman–Crippen LogP) is 3.08. The summed E-state index contributed by atoms with van der Waals surface area (Å²) in [5.74, 6) is 1.17. The van der Waals surface area contributed by atoms with E-state index in [0.717, 1.165) is 44.4 Å². The molecular formula is C17H26N2O2. The Balaban J connectivity index is 1.81. The molecule has 1 N–H and O–H groups in total. The Morgan fingerprint density at radius 1 is 1.43 bits per heavy atom. The monoisotopic (exact) mass is 290 g/mol. The number of furan rings is 1. The van der Waals surface area contributed by atoms with Crippen LogP contribution in [0.5, 0.6) is 0 Å². The maximum Gasteiger partial charge on any atom is 0.243 e. The second-order valence-corrected chi connectivity index (χ2v) is 6.42. The fourth-order valence-corrected chi connectivity index (χ4v) is 3.87. The van der Waals surface area contributed by atoms with Gasteiger partial charge in [0.05, 0.1) is 18.3 Å². The number of hydrogen-bond donors (Lipinski definition) is 1. The van der Waals surface area contributed by atoms with Gasteiger partial charge in [-0.15, -0.1) is 0 Å². The van der Waals surface area contributed by atoms with E-state index >= 15 is 0 Å². The second kappa shape index (κ2) is 6.22. The van der Waals surface area contributed by atoms with Crippen LogP contribution in [0.25, 0.3) is 0 Å². The third kappa shape index (κ3) is 2.86. The maximum absolute atomic E-state index is 13.2. The molecule has 1 saturated carbocycles. The molecule has 2 aliphatic rings. The van der Waals surface area contributed by atoms with E-state index < -0.39 is 0 Å². The van der Waals surface area contributed by atoms with E-state index in [1.807, 2.05) is 12.1 Å². The van der Waals surface area contributed by atoms with E-state index in [9.17, 15) is 4.79 Å². The highest BCUT2D eigenvalue weighted by Crippen LogP contribution is 2.31. The van der Waals surface area contributed by atoms with Gasteiger partial charge in [0, 0.05) is 6.04 Å². The molecule has 4 heteroatoms. The van der Waals surface area contributed by atoms with Crippen molar-refractivity contribution in [1.82, 2.24) is 10.2 Å². The molecule has 1 aromatic heterocycles. The van der Waals surface area contributed by atoms with Crippen LogP contribution in [0.15, 0.2) is 22.8 Å². The molecule has 0 bridgehead atoms. The topological polar surface area (TPSA) is 45.5 Å². The van der Waals surface area contributed by atoms with Crippen LogP contribution in [-0.4, -0.2) is 28.9 Å². The molecular weight excluding hydrogens is 264 g/mol. The molecule has 1 saturated heterocycles. The largest absolute Gasteiger partial charge is 0.467 e. The first-order valence-corrected chi connectivity index (χ1v) is 8.34. The highest BCUT2D eigenvalue weighted by Gasteiger charge is 2.44. The van der Waals surface area contributed by atoms with Crippen LogP contribution in [-0.2, 0) is 11.3 Å². The molecule has 0 radical (unpaired) electrons. The number of carbonyl (C=O) groups excluding carboxylic acids is 1. The van der Waals surface area contributed by atoms with Gasteiger partial charge in [0.15, 0.2) is 0 Å². The minimum Gasteiger partial charge on any atom is -0.467 e. The van der Waals surface area contributed by atoms with Crippen molar-refractivity contribution < 1.29 is 9.21 Å². The van der Waals surface area contributed by atoms with Crippen LogP contribution >= 0.6 is 0 Å². The summed E-state index contributed by atoms with van der Waals surface area (Å²) in [5.41, 5.74) is -0.338. The first-order chi connectivity index (χ1) is 10.2. The zero-order valence-electron chi connectivity index (χ0n) is 12.9. The summed E-state index contributed by atoms with van der Waals surface area (Å²) in [5, 5.41) is 3.48. The Morgan fingerprint density at radius 3 is 2.81 bits per heavy atom. The number of nitrogens with zero attached hydrogens (tertiary/aromatic N) is 1. The lowest BCUT2D eigenvalue weighted by Gasteiger charge is -2.37. The van der Waals surface area contributed by atoms with Crippen LogP contribution in [0.1, 0.15) is 57.6 Å². The molecule has 3 rings (SSSR count). The average molecular weight is 290 g/mol. The third-order valence-electron chi connectivity index (χ3n) is 5.19. The molecule has 1 aliphatic heterocycles. The fourth-order valence-electron chi connectivity index (χ4n) is 3.87. The highest BCUT2D eigenvalue weighted by atomic mass is 16.3. The van der Waals surface area contributed by atoms with Crippen LogP contribution in [0.4, 0.5) is 0 Å². The fraction of sp³-hybridized carbons (Fsp3) is 0.706. The van der Waals surface area contributed by atoms with Crippen molar-refractivity contribution in [3.8, 4) is 0 Å². The number of rotatable bonds is 5. The van der Waals surface area contributed by atoms with Gasteiger partial charge in [0.25, 0.3) is 0 Å². The van der Waals surface area contributed by atoms with Gasteiger partial charge in [-0.3, -0.25) is 4.79 Å². The number of carbonyl (C=O) groups is 1. The van der Waals surface area contributed by atoms with E-state index in [4.69, 9.17) is 4.42 Å². The van der Waals surface area contributed by atoms with Gasteiger partial charge in [0.1, 0.15) is 5.76 Å². The van der Waals surface area contributed by atoms with E-state index in [-0.39, 0.29) is 11.4 Å². The lowest BCUT2D eigenvalue weighted by Crippen LogP contribution is -2.56. The molecule has 21 heavy (non-hydrogen) atoms. The normalized spacial score (nSPS) is 26.3. The molecule has 1 aromatic rings. The van der Waals surface area contributed by atoms with Crippen molar-refractivity contribution >= 4 is 5.91 Å². The lowest BCUT2D eigenvalue weighted by molar-refractivity contribution is -0.141. The van der Waals surface area contributed by atoms with Gasteiger partial charge in [-0.05, 0) is 50.8 Å². The van der Waals surface area contributed by atoms with Gasteiger partial charge in [0.2, 0.25) is 5.91 Å². The molecule has 1 aliphatic carbocycles. The van der Waals surface area contributed by atoms with Crippen LogP contribution in [0.2, 0.25) is 0 Å². The van der Waals surface area contributed by atoms with Crippen molar-refractivity contribution in [2.45, 2.75) is 70.0 Å². The number of nitrogens with one attached hydrogen (secondary N) is 1. The summed E-state index contributed by atoms with van der Waals surface area (Å²) in [6, 6.07) is 4.25. The smallest absolute Gasteiger partial charge is 0.243 e. The van der Waals surface area contributed by atoms with E-state index in [0.29, 0.717) is 12.6 Å². The van der Waals surface area contributed by atoms with E-state index in [2.05, 4.69) is 17.1 Å². The first-order valence-electron chi connectivity index (χ1n) is 8.34. The van der Waals surface area contributed by atoms with Crippen molar-refractivity contribution in [3.05, 3.63) is 24.2 Å². The minimum atomic E-state index is -0.338. The van der Waals surface area contributed by atoms with E-state index in [1.54, 1.807) is 6.26 Å². The zero-order chi connectivity index (χ0) is 14.7. The quantitative estimate of drug-likeness (QED) is 0.906. The maximum atomic E-state index is 13.2. The van der Waals surface area contributed by atoms with Gasteiger partial charge >= 0.3 is 0 Å². The second-order valence-electron chi connectivity index (χ2n) is 6.42. The molecule has 0 spiro atoms. The summed E-state index contributed by atoms with van der Waals surface area (Å²) < 4.78 is 5.49. The van der Waals surface area contributed by atoms with Gasteiger partial charge in [-0.2, -0.15) is 0 Å². The molecule has 0 aromatic carbocycles. The van der Waals surface area contributed by atoms with E-state index in [1.165, 1.54) is 12.8 Å². The highest BCUT2D eigenvalue weighted by molar-refractivity contribution is 5.87. The molecule has 1 atom stereocenters. The third-order valence-corrected chi connectivity index (χ3v) is 5.19. The summed E-state index contributed by atoms with van der Waals surface area (Å²) in [6.45, 7) is 3.69. The average Bonchev–Trinajstić information content (AvgIpc) is 3.26. The molecule has 116 valence electrons. The summed E-state index contributed by atoms with van der Waals surface area (Å²) in [4.78, 5) is 15.3. The zero-order valence-corrected chi connectivity index (χ0v) is 12.9. The molecule has 2 heterocycles. The van der Waals surface area contributed by atoms with Gasteiger partial charge in [-0.25, -0.2) is 0 Å². The Hall–Kier alpha value is -1.29. The Bertz CT molecular complexity index is 457. The Kier molecular flexibility index (Phi) is 4.34. The SMILES string of the molecule is CCC1(C(=O)N(Cc2ccco2)C2CCCC2)CCCN1. The van der Waals surface area contributed by atoms with Gasteiger partial charge in [-0.1, -0.05) is 19.8 Å². The van der Waals surface area contributed by atoms with Crippen LogP contribution in [0.3, 0.4) is 0 Å². The van der Waals surface area contributed by atoms with Crippen molar-refractivity contribution in [1.29, 1.82) is 0 Å². The number of hydrogen-bond acceptors (Lipinski definition) is 3. The molecule has 1 amide bonds. The Morgan fingerprint density at radius 2 is 2.24 bits per heavy atom. The molecule has 2 fully saturated rings. The lowest BCUT2D eigenvalue weighted by atomic mass is 9.91. The van der Waals surface area contributed by atoms with Gasteiger partial charge < -0.3 is 14.6 Å². The predicted molar refractivity (Wildman–Crippen MR) is 81.8 cm³/mol. The minimum absolute atomic E-state index is 0.283. The number of amides is 1. The Labute approximate surface area is 126 Å². The summed E-state index contributed by atoms with van der Waals surface area (Å²) >= 11 is 0. The van der Waals surface area contributed by atoms with Crippen LogP contribution in [0, 0.1) is 0 Å². The summed E-state index contributed by atoms with van der Waals surface area (Å²) in [7, 11) is 0. The molecule has 4 nitrogen and oxygen atoms in total. The summed E-state index contributed by atoms with van der Waals surface area (Å²) in [6.07, 6.45) is 9.35. The van der Waals surface area contributed by atoms with Crippen molar-refractivity contribution in [2.75, 3.05) is 6.54 Å². The molecule has 1 unspecified atom stereocenters. The van der Waals surface area contributed by atoms with Crippen molar-refractivity contribution in [3.63, 3.8) is 0 Å². The van der Waals surface area contributed by atoms with Crippen molar-refractivity contribution in [2.24, 2.45) is 0 Å².